The van der Waals surface area contributed by atoms with Gasteiger partial charge in [0.15, 0.2) is 6.61 Å². The molecule has 2 bridgehead atoms. The van der Waals surface area contributed by atoms with Gasteiger partial charge in [0, 0.05) is 49.9 Å². The highest BCUT2D eigenvalue weighted by Gasteiger charge is 2.58. The van der Waals surface area contributed by atoms with Gasteiger partial charge in [-0.25, -0.2) is 4.39 Å². The van der Waals surface area contributed by atoms with Gasteiger partial charge >= 0.3 is 0 Å². The number of benzene rings is 1. The zero-order valence-corrected chi connectivity index (χ0v) is 24.1. The molecule has 8 nitrogen and oxygen atoms in total. The third-order valence-corrected chi connectivity index (χ3v) is 10.2. The highest BCUT2D eigenvalue weighted by Crippen LogP contribution is 2.52. The van der Waals surface area contributed by atoms with E-state index in [0.29, 0.717) is 44.7 Å². The number of hydrogen-bond acceptors (Lipinski definition) is 6. The predicted molar refractivity (Wildman–Crippen MR) is 152 cm³/mol. The summed E-state index contributed by atoms with van der Waals surface area (Å²) in [6.45, 7) is 3.18. The van der Waals surface area contributed by atoms with Crippen LogP contribution in [0, 0.1) is 11.2 Å². The molecule has 6 rings (SSSR count). The first-order valence-corrected chi connectivity index (χ1v) is 15.5. The van der Waals surface area contributed by atoms with Crippen molar-refractivity contribution >= 4 is 23.4 Å². The Bertz CT molecular complexity index is 1040. The van der Waals surface area contributed by atoms with Crippen LogP contribution in [0.3, 0.4) is 0 Å². The Morgan fingerprint density at radius 2 is 1.85 bits per heavy atom. The zero-order chi connectivity index (χ0) is 28.2. The molecule has 1 heterocycles. The molecule has 1 saturated heterocycles. The number of amides is 2. The second-order valence-corrected chi connectivity index (χ2v) is 12.8. The SMILES string of the molecule is O=C(COc1ccc(Cl)c(F)c1)NC12CCC(C(=O)NCC3CNCCN3C3CCCCCCC3)(CC1)C(O)C2. The van der Waals surface area contributed by atoms with E-state index in [1.807, 2.05) is 0 Å². The van der Waals surface area contributed by atoms with Crippen LogP contribution in [0.5, 0.6) is 5.75 Å². The molecule has 2 atom stereocenters. The van der Waals surface area contributed by atoms with E-state index in [-0.39, 0.29) is 35.2 Å². The molecule has 1 aromatic rings. The van der Waals surface area contributed by atoms with E-state index in [4.69, 9.17) is 16.3 Å². The molecule has 4 saturated carbocycles. The van der Waals surface area contributed by atoms with Crippen LogP contribution in [0.4, 0.5) is 4.39 Å². The molecular formula is C30H44ClFN4O4. The fourth-order valence-corrected chi connectivity index (χ4v) is 7.60. The van der Waals surface area contributed by atoms with Crippen LogP contribution in [0.15, 0.2) is 18.2 Å². The lowest BCUT2D eigenvalue weighted by Gasteiger charge is -2.55. The maximum absolute atomic E-state index is 13.7. The lowest BCUT2D eigenvalue weighted by Crippen LogP contribution is -2.66. The average molecular weight is 579 g/mol. The summed E-state index contributed by atoms with van der Waals surface area (Å²) in [4.78, 5) is 28.9. The van der Waals surface area contributed by atoms with E-state index in [2.05, 4.69) is 20.9 Å². The van der Waals surface area contributed by atoms with Crippen molar-refractivity contribution in [1.82, 2.24) is 20.9 Å². The molecule has 0 radical (unpaired) electrons. The van der Waals surface area contributed by atoms with Crippen molar-refractivity contribution in [3.05, 3.63) is 29.0 Å². The summed E-state index contributed by atoms with van der Waals surface area (Å²) in [6.07, 6.45) is 10.8. The van der Waals surface area contributed by atoms with Gasteiger partial charge < -0.3 is 25.8 Å². The number of rotatable bonds is 8. The summed E-state index contributed by atoms with van der Waals surface area (Å²) in [5, 5.41) is 21.0. The Morgan fingerprint density at radius 3 is 2.55 bits per heavy atom. The average Bonchev–Trinajstić information content (AvgIpc) is 2.93. The fourth-order valence-electron chi connectivity index (χ4n) is 7.48. The lowest BCUT2D eigenvalue weighted by molar-refractivity contribution is -0.156. The van der Waals surface area contributed by atoms with Crippen LogP contribution in [0.1, 0.15) is 77.0 Å². The Labute approximate surface area is 241 Å². The summed E-state index contributed by atoms with van der Waals surface area (Å²) in [7, 11) is 0. The standard InChI is InChI=1S/C30H44ClFN4O4/c31-24-9-8-23(16-25(24)32)40-20-27(38)35-29-10-12-30(13-11-29,26(37)17-29)28(39)34-19-22-18-33-14-15-36(22)21-6-4-2-1-3-5-7-21/h8-9,16,21-22,26,33,37H,1-7,10-15,17-20H2,(H,34,39)(H,35,38). The second-order valence-electron chi connectivity index (χ2n) is 12.4. The molecule has 2 amide bonds. The first-order chi connectivity index (χ1) is 19.3. The summed E-state index contributed by atoms with van der Waals surface area (Å²) >= 11 is 5.70. The van der Waals surface area contributed by atoms with Gasteiger partial charge in [-0.3, -0.25) is 14.5 Å². The lowest BCUT2D eigenvalue weighted by atomic mass is 9.55. The number of nitrogens with one attached hydrogen (secondary N) is 3. The van der Waals surface area contributed by atoms with Crippen LogP contribution in [-0.2, 0) is 9.59 Å². The van der Waals surface area contributed by atoms with Crippen molar-refractivity contribution in [3.63, 3.8) is 0 Å². The van der Waals surface area contributed by atoms with E-state index in [1.165, 1.54) is 57.1 Å². The number of fused-ring (bicyclic) bond motifs is 3. The molecule has 4 N–H and O–H groups in total. The number of carbonyl (C=O) groups excluding carboxylic acids is 2. The fraction of sp³-hybridized carbons (Fsp3) is 0.733. The van der Waals surface area contributed by atoms with Crippen molar-refractivity contribution in [1.29, 1.82) is 0 Å². The maximum atomic E-state index is 13.7. The number of aliphatic hydroxyl groups excluding tert-OH is 1. The molecule has 5 fully saturated rings. The van der Waals surface area contributed by atoms with Crippen LogP contribution in [0.2, 0.25) is 5.02 Å². The number of halogens is 2. The monoisotopic (exact) mass is 578 g/mol. The molecule has 2 unspecified atom stereocenters. The maximum Gasteiger partial charge on any atom is 0.258 e. The number of carbonyl (C=O) groups is 2. The first-order valence-electron chi connectivity index (χ1n) is 15.1. The molecule has 0 aromatic heterocycles. The van der Waals surface area contributed by atoms with Gasteiger partial charge in [0.1, 0.15) is 11.6 Å². The number of hydrogen-bond donors (Lipinski definition) is 4. The number of aliphatic hydroxyl groups is 1. The first kappa shape index (κ1) is 29.5. The Balaban J connectivity index is 1.13. The Morgan fingerprint density at radius 1 is 1.12 bits per heavy atom. The molecule has 4 aliphatic carbocycles. The van der Waals surface area contributed by atoms with Crippen molar-refractivity contribution in [2.45, 2.75) is 101 Å². The molecule has 5 aliphatic rings. The van der Waals surface area contributed by atoms with Crippen molar-refractivity contribution in [3.8, 4) is 5.75 Å². The van der Waals surface area contributed by atoms with Gasteiger partial charge in [-0.05, 0) is 57.1 Å². The van der Waals surface area contributed by atoms with Gasteiger partial charge in [0.05, 0.1) is 16.5 Å². The quantitative estimate of drug-likeness (QED) is 0.376. The molecule has 10 heteroatoms. The largest absolute Gasteiger partial charge is 0.484 e. The molecule has 0 spiro atoms. The Hall–Kier alpha value is -1.94. The minimum absolute atomic E-state index is 0.00987. The van der Waals surface area contributed by atoms with E-state index in [0.717, 1.165) is 25.7 Å². The van der Waals surface area contributed by atoms with Crippen LogP contribution in [-0.4, -0.2) is 78.3 Å². The summed E-state index contributed by atoms with van der Waals surface area (Å²) in [6, 6.07) is 4.88. The van der Waals surface area contributed by atoms with Gasteiger partial charge in [-0.15, -0.1) is 0 Å². The summed E-state index contributed by atoms with van der Waals surface area (Å²) < 4.78 is 19.1. The summed E-state index contributed by atoms with van der Waals surface area (Å²) in [5.41, 5.74) is -1.37. The van der Waals surface area contributed by atoms with Gasteiger partial charge in [0.2, 0.25) is 5.91 Å². The minimum Gasteiger partial charge on any atom is -0.484 e. The number of piperazine rings is 1. The van der Waals surface area contributed by atoms with Gasteiger partial charge in [-0.1, -0.05) is 43.7 Å². The highest BCUT2D eigenvalue weighted by atomic mass is 35.5. The normalized spacial score (nSPS) is 31.7. The van der Waals surface area contributed by atoms with Crippen molar-refractivity contribution in [2.24, 2.45) is 5.41 Å². The Kier molecular flexibility index (Phi) is 9.55. The predicted octanol–water partition coefficient (Wildman–Crippen LogP) is 3.54. The van der Waals surface area contributed by atoms with Crippen LogP contribution in [0.25, 0.3) is 0 Å². The van der Waals surface area contributed by atoms with Crippen molar-refractivity contribution in [2.75, 3.05) is 32.8 Å². The molecule has 40 heavy (non-hydrogen) atoms. The number of ether oxygens (including phenoxy) is 1. The smallest absolute Gasteiger partial charge is 0.258 e. The minimum atomic E-state index is -0.826. The molecule has 1 aromatic carbocycles. The van der Waals surface area contributed by atoms with E-state index >= 15 is 0 Å². The van der Waals surface area contributed by atoms with Crippen molar-refractivity contribution < 1.29 is 23.8 Å². The van der Waals surface area contributed by atoms with E-state index < -0.39 is 22.9 Å². The second kappa shape index (κ2) is 12.9. The third-order valence-electron chi connectivity index (χ3n) is 9.88. The van der Waals surface area contributed by atoms with Gasteiger partial charge in [0.25, 0.3) is 5.91 Å². The molecule has 1 aliphatic heterocycles. The molecular weight excluding hydrogens is 535 g/mol. The summed E-state index contributed by atoms with van der Waals surface area (Å²) in [5.74, 6) is -0.780. The van der Waals surface area contributed by atoms with E-state index in [9.17, 15) is 19.1 Å². The molecule has 222 valence electrons. The van der Waals surface area contributed by atoms with Crippen LogP contribution < -0.4 is 20.7 Å². The zero-order valence-electron chi connectivity index (χ0n) is 23.4. The topological polar surface area (TPSA) is 103 Å². The van der Waals surface area contributed by atoms with E-state index in [1.54, 1.807) is 0 Å². The third kappa shape index (κ3) is 6.58. The number of nitrogens with zero attached hydrogens (tertiary/aromatic N) is 1. The van der Waals surface area contributed by atoms with Crippen LogP contribution >= 0.6 is 11.6 Å². The highest BCUT2D eigenvalue weighted by molar-refractivity contribution is 6.30. The van der Waals surface area contributed by atoms with Gasteiger partial charge in [-0.2, -0.15) is 0 Å².